The lowest BCUT2D eigenvalue weighted by Gasteiger charge is -2.29. The SMILES string of the molecule is CC(C)C1NC(=O)[C@@H](NC(=O)[C@@H](O)C(C)C)Cc2ccc3c(c2)[C@@]2(c4ccccc4NC2O3)c2oc1nc2-c1ccccc1. The zero-order chi connectivity index (χ0) is 30.7. The van der Waals surface area contributed by atoms with Crippen LogP contribution in [0.3, 0.4) is 0 Å². The lowest BCUT2D eigenvalue weighted by atomic mass is 9.72. The average Bonchev–Trinajstić information content (AvgIpc) is 3.68. The quantitative estimate of drug-likeness (QED) is 0.265. The molecule has 0 radical (unpaired) electrons. The number of oxazole rings is 1. The number of anilines is 1. The molecule has 9 nitrogen and oxygen atoms in total. The second kappa shape index (κ2) is 10.5. The molecule has 1 spiro atoms. The molecule has 4 bridgehead atoms. The lowest BCUT2D eigenvalue weighted by molar-refractivity contribution is -0.135. The first kappa shape index (κ1) is 28.2. The van der Waals surface area contributed by atoms with Gasteiger partial charge in [-0.15, -0.1) is 0 Å². The van der Waals surface area contributed by atoms with Crippen LogP contribution in [0.15, 0.2) is 77.2 Å². The Morgan fingerprint density at radius 1 is 1.00 bits per heavy atom. The fraction of sp³-hybridized carbons (Fsp3) is 0.343. The standard InChI is InChI=1S/C35H36N4O5/c1-18(2)27-33-39-28(21-10-6-5-7-11-21)30(44-33)35-22-12-8-9-13-24(22)37-34(35)43-26-15-14-20(16-23(26)35)17-25(31(41)38-27)36-32(42)29(40)19(3)4/h5-16,18-19,25,27,29,34,37,40H,17H2,1-4H3,(H,36,42)(H,38,41)/t25-,27?,29-,34?,35-/m0/s1. The molecule has 7 rings (SSSR count). The van der Waals surface area contributed by atoms with Crippen LogP contribution in [0.2, 0.25) is 0 Å². The Kier molecular flexibility index (Phi) is 6.73. The summed E-state index contributed by atoms with van der Waals surface area (Å²) in [5, 5.41) is 20.0. The minimum atomic E-state index is -1.24. The number of carbonyl (C=O) groups excluding carboxylic acids is 2. The van der Waals surface area contributed by atoms with Crippen LogP contribution in [-0.4, -0.2) is 40.3 Å². The number of ether oxygens (including phenoxy) is 1. The highest BCUT2D eigenvalue weighted by atomic mass is 16.5. The molecule has 3 aromatic carbocycles. The van der Waals surface area contributed by atoms with E-state index < -0.39 is 35.7 Å². The summed E-state index contributed by atoms with van der Waals surface area (Å²) < 4.78 is 13.5. The Bertz CT molecular complexity index is 1750. The number of aliphatic hydroxyl groups is 1. The van der Waals surface area contributed by atoms with Gasteiger partial charge in [0.2, 0.25) is 17.7 Å². The van der Waals surface area contributed by atoms with Crippen molar-refractivity contribution in [3.05, 3.63) is 101 Å². The number of amides is 2. The molecule has 4 aromatic rings. The molecule has 9 heteroatoms. The van der Waals surface area contributed by atoms with Crippen molar-refractivity contribution < 1.29 is 23.8 Å². The first-order chi connectivity index (χ1) is 21.2. The third kappa shape index (κ3) is 4.29. The van der Waals surface area contributed by atoms with E-state index in [0.29, 0.717) is 23.1 Å². The Hall–Kier alpha value is -4.63. The zero-order valence-electron chi connectivity index (χ0n) is 25.1. The minimum absolute atomic E-state index is 0.0925. The molecule has 0 aliphatic carbocycles. The van der Waals surface area contributed by atoms with Gasteiger partial charge in [0.15, 0.2) is 12.0 Å². The van der Waals surface area contributed by atoms with Crippen LogP contribution in [0.4, 0.5) is 5.69 Å². The van der Waals surface area contributed by atoms with Crippen LogP contribution >= 0.6 is 0 Å². The van der Waals surface area contributed by atoms with E-state index in [2.05, 4.69) is 22.0 Å². The van der Waals surface area contributed by atoms with E-state index in [1.165, 1.54) is 0 Å². The van der Waals surface area contributed by atoms with Crippen molar-refractivity contribution in [3.8, 4) is 17.0 Å². The summed E-state index contributed by atoms with van der Waals surface area (Å²) in [5.74, 6) is 0.346. The summed E-state index contributed by atoms with van der Waals surface area (Å²) in [6.07, 6.45) is -1.53. The van der Waals surface area contributed by atoms with Gasteiger partial charge in [0.05, 0.1) is 0 Å². The van der Waals surface area contributed by atoms with Crippen molar-refractivity contribution in [1.82, 2.24) is 15.6 Å². The molecule has 0 saturated carbocycles. The van der Waals surface area contributed by atoms with Crippen LogP contribution in [0.25, 0.3) is 11.3 Å². The summed E-state index contributed by atoms with van der Waals surface area (Å²) in [6, 6.07) is 22.4. The molecule has 5 atom stereocenters. The van der Waals surface area contributed by atoms with Crippen LogP contribution in [0.5, 0.6) is 5.75 Å². The fourth-order valence-electron chi connectivity index (χ4n) is 6.65. The first-order valence-corrected chi connectivity index (χ1v) is 15.2. The van der Waals surface area contributed by atoms with E-state index in [1.54, 1.807) is 13.8 Å². The number of aromatic nitrogens is 1. The molecule has 1 aromatic heterocycles. The van der Waals surface area contributed by atoms with Crippen LogP contribution in [0.1, 0.15) is 62.1 Å². The van der Waals surface area contributed by atoms with Gasteiger partial charge in [-0.25, -0.2) is 4.98 Å². The third-order valence-electron chi connectivity index (χ3n) is 9.00. The molecule has 2 unspecified atom stereocenters. The van der Waals surface area contributed by atoms with Gasteiger partial charge in [-0.1, -0.05) is 88.4 Å². The van der Waals surface area contributed by atoms with Gasteiger partial charge in [0.1, 0.15) is 35.0 Å². The Balaban J connectivity index is 1.48. The molecular formula is C35H36N4O5. The smallest absolute Gasteiger partial charge is 0.249 e. The summed E-state index contributed by atoms with van der Waals surface area (Å²) in [4.78, 5) is 32.0. The van der Waals surface area contributed by atoms with Crippen LogP contribution in [0, 0.1) is 11.8 Å². The van der Waals surface area contributed by atoms with E-state index in [1.807, 2.05) is 80.6 Å². The summed E-state index contributed by atoms with van der Waals surface area (Å²) in [5.41, 5.74) is 4.36. The maximum absolute atomic E-state index is 13.9. The second-order valence-electron chi connectivity index (χ2n) is 12.6. The van der Waals surface area contributed by atoms with Crippen molar-refractivity contribution in [2.45, 2.75) is 63.9 Å². The largest absolute Gasteiger partial charge is 0.469 e. The minimum Gasteiger partial charge on any atom is -0.469 e. The number of hydrogen-bond acceptors (Lipinski definition) is 7. The van der Waals surface area contributed by atoms with Gasteiger partial charge in [-0.2, -0.15) is 0 Å². The highest BCUT2D eigenvalue weighted by Gasteiger charge is 2.60. The molecular weight excluding hydrogens is 556 g/mol. The van der Waals surface area contributed by atoms with Crippen molar-refractivity contribution >= 4 is 17.5 Å². The maximum Gasteiger partial charge on any atom is 0.249 e. The Morgan fingerprint density at radius 2 is 1.75 bits per heavy atom. The number of hydrogen-bond donors (Lipinski definition) is 4. The van der Waals surface area contributed by atoms with Gasteiger partial charge in [0.25, 0.3) is 0 Å². The average molecular weight is 593 g/mol. The van der Waals surface area contributed by atoms with E-state index in [0.717, 1.165) is 27.9 Å². The molecule has 226 valence electrons. The summed E-state index contributed by atoms with van der Waals surface area (Å²) in [7, 11) is 0. The number of rotatable bonds is 5. The van der Waals surface area contributed by atoms with Crippen molar-refractivity contribution in [2.24, 2.45) is 11.8 Å². The number of fused-ring (bicyclic) bond motifs is 4. The number of benzene rings is 3. The van der Waals surface area contributed by atoms with Crippen molar-refractivity contribution in [1.29, 1.82) is 0 Å². The number of aliphatic hydroxyl groups excluding tert-OH is 1. The highest BCUT2D eigenvalue weighted by molar-refractivity contribution is 5.90. The highest BCUT2D eigenvalue weighted by Crippen LogP contribution is 2.59. The maximum atomic E-state index is 13.9. The predicted octanol–water partition coefficient (Wildman–Crippen LogP) is 4.69. The van der Waals surface area contributed by atoms with Gasteiger partial charge in [0, 0.05) is 23.2 Å². The Labute approximate surface area is 256 Å². The summed E-state index contributed by atoms with van der Waals surface area (Å²) >= 11 is 0. The molecule has 44 heavy (non-hydrogen) atoms. The topological polar surface area (TPSA) is 126 Å². The first-order valence-electron chi connectivity index (χ1n) is 15.2. The van der Waals surface area contributed by atoms with Crippen LogP contribution in [-0.2, 0) is 21.4 Å². The number of nitrogens with one attached hydrogen (secondary N) is 3. The molecule has 4 N–H and O–H groups in total. The molecule has 2 amide bonds. The molecule has 4 heterocycles. The third-order valence-corrected chi connectivity index (χ3v) is 9.00. The predicted molar refractivity (Wildman–Crippen MR) is 165 cm³/mol. The van der Waals surface area contributed by atoms with Crippen molar-refractivity contribution in [2.75, 3.05) is 5.32 Å². The van der Waals surface area contributed by atoms with Gasteiger partial charge in [-0.3, -0.25) is 9.59 Å². The Morgan fingerprint density at radius 3 is 2.50 bits per heavy atom. The van der Waals surface area contributed by atoms with E-state index in [4.69, 9.17) is 14.1 Å². The number of nitrogens with zero attached hydrogens (tertiary/aromatic N) is 1. The second-order valence-corrected chi connectivity index (χ2v) is 12.6. The van der Waals surface area contributed by atoms with Gasteiger partial charge in [-0.05, 0) is 35.1 Å². The molecule has 3 aliphatic rings. The normalized spacial score (nSPS) is 23.9. The van der Waals surface area contributed by atoms with Gasteiger partial charge < -0.3 is 30.2 Å². The van der Waals surface area contributed by atoms with E-state index >= 15 is 0 Å². The molecule has 0 fully saturated rings. The lowest BCUT2D eigenvalue weighted by Crippen LogP contribution is -2.52. The zero-order valence-corrected chi connectivity index (χ0v) is 25.1. The number of carbonyl (C=O) groups is 2. The van der Waals surface area contributed by atoms with Crippen molar-refractivity contribution in [3.63, 3.8) is 0 Å². The number of para-hydroxylation sites is 1. The van der Waals surface area contributed by atoms with Crippen LogP contribution < -0.4 is 20.7 Å². The molecule has 0 saturated heterocycles. The van der Waals surface area contributed by atoms with E-state index in [9.17, 15) is 14.7 Å². The summed E-state index contributed by atoms with van der Waals surface area (Å²) in [6.45, 7) is 7.50. The van der Waals surface area contributed by atoms with E-state index in [-0.39, 0.29) is 24.2 Å². The molecule has 3 aliphatic heterocycles. The monoisotopic (exact) mass is 592 g/mol. The fourth-order valence-corrected chi connectivity index (χ4v) is 6.65. The van der Waals surface area contributed by atoms with Gasteiger partial charge >= 0.3 is 0 Å².